The van der Waals surface area contributed by atoms with Crippen molar-refractivity contribution in [3.05, 3.63) is 11.6 Å². The second-order valence-electron chi connectivity index (χ2n) is 2.60. The molecule has 14 heavy (non-hydrogen) atoms. The SMILES string of the molecule is C/C(=C\CC(F)(F)C(F)(F)F)C(=O)O. The molecule has 0 aromatic carbocycles. The highest BCUT2D eigenvalue weighted by atomic mass is 19.4. The molecule has 7 heteroatoms. The second kappa shape index (κ2) is 3.93. The zero-order valence-electron chi connectivity index (χ0n) is 7.03. The molecule has 0 aliphatic carbocycles. The number of allylic oxidation sites excluding steroid dienone is 1. The van der Waals surface area contributed by atoms with Gasteiger partial charge in [-0.15, -0.1) is 0 Å². The number of rotatable bonds is 3. The molecule has 0 heterocycles. The van der Waals surface area contributed by atoms with E-state index in [9.17, 15) is 26.7 Å². The lowest BCUT2D eigenvalue weighted by Crippen LogP contribution is -2.35. The molecule has 0 amide bonds. The smallest absolute Gasteiger partial charge is 0.453 e. The van der Waals surface area contributed by atoms with Gasteiger partial charge in [-0.05, 0) is 6.92 Å². The van der Waals surface area contributed by atoms with Gasteiger partial charge in [-0.1, -0.05) is 6.08 Å². The average molecular weight is 218 g/mol. The van der Waals surface area contributed by atoms with E-state index in [-0.39, 0.29) is 0 Å². The Balaban J connectivity index is 4.55. The molecule has 0 saturated carbocycles. The molecule has 0 aliphatic rings. The van der Waals surface area contributed by atoms with Gasteiger partial charge in [-0.2, -0.15) is 22.0 Å². The lowest BCUT2D eigenvalue weighted by atomic mass is 10.1. The fraction of sp³-hybridized carbons (Fsp3) is 0.571. The van der Waals surface area contributed by atoms with Gasteiger partial charge in [0.05, 0.1) is 0 Å². The zero-order chi connectivity index (χ0) is 11.6. The second-order valence-corrected chi connectivity index (χ2v) is 2.60. The summed E-state index contributed by atoms with van der Waals surface area (Å²) in [6.45, 7) is 0.939. The molecule has 82 valence electrons. The molecule has 0 spiro atoms. The van der Waals surface area contributed by atoms with Crippen LogP contribution in [0.25, 0.3) is 0 Å². The van der Waals surface area contributed by atoms with Crippen molar-refractivity contribution < 1.29 is 31.9 Å². The van der Waals surface area contributed by atoms with Crippen molar-refractivity contribution in [2.75, 3.05) is 0 Å². The van der Waals surface area contributed by atoms with Crippen LogP contribution in [0.15, 0.2) is 11.6 Å². The van der Waals surface area contributed by atoms with Gasteiger partial charge in [-0.3, -0.25) is 0 Å². The van der Waals surface area contributed by atoms with E-state index in [1.54, 1.807) is 0 Å². The molecule has 0 rings (SSSR count). The number of alkyl halides is 5. The van der Waals surface area contributed by atoms with Crippen LogP contribution in [0, 0.1) is 0 Å². The number of aliphatic carboxylic acids is 1. The largest absolute Gasteiger partial charge is 0.478 e. The molecule has 0 atom stereocenters. The highest BCUT2D eigenvalue weighted by Gasteiger charge is 2.56. The lowest BCUT2D eigenvalue weighted by Gasteiger charge is -2.17. The Morgan fingerprint density at radius 2 is 1.71 bits per heavy atom. The van der Waals surface area contributed by atoms with Crippen LogP contribution in [0.2, 0.25) is 0 Å². The Hall–Kier alpha value is -1.14. The number of carboxylic acid groups (broad SMARTS) is 1. The molecule has 0 bridgehead atoms. The van der Waals surface area contributed by atoms with E-state index in [2.05, 4.69) is 0 Å². The van der Waals surface area contributed by atoms with Crippen molar-refractivity contribution in [2.45, 2.75) is 25.4 Å². The van der Waals surface area contributed by atoms with Gasteiger partial charge in [0, 0.05) is 12.0 Å². The van der Waals surface area contributed by atoms with Gasteiger partial charge in [0.2, 0.25) is 0 Å². The van der Waals surface area contributed by atoms with Crippen LogP contribution in [0.1, 0.15) is 13.3 Å². The number of hydrogen-bond acceptors (Lipinski definition) is 1. The quantitative estimate of drug-likeness (QED) is 0.584. The fourth-order valence-corrected chi connectivity index (χ4v) is 0.484. The molecule has 0 unspecified atom stereocenters. The third-order valence-electron chi connectivity index (χ3n) is 1.42. The summed E-state index contributed by atoms with van der Waals surface area (Å²) in [7, 11) is 0. The first-order valence-corrected chi connectivity index (χ1v) is 3.42. The van der Waals surface area contributed by atoms with Crippen LogP contribution in [-0.2, 0) is 4.79 Å². The summed E-state index contributed by atoms with van der Waals surface area (Å²) in [5.41, 5.74) is -0.547. The van der Waals surface area contributed by atoms with Crippen molar-refractivity contribution in [1.29, 1.82) is 0 Å². The van der Waals surface area contributed by atoms with Gasteiger partial charge in [0.15, 0.2) is 0 Å². The predicted molar refractivity (Wildman–Crippen MR) is 37.0 cm³/mol. The summed E-state index contributed by atoms with van der Waals surface area (Å²) in [5.74, 6) is -6.41. The average Bonchev–Trinajstić information content (AvgIpc) is 1.97. The molecular formula is C7H7F5O2. The monoisotopic (exact) mass is 218 g/mol. The first kappa shape index (κ1) is 12.9. The summed E-state index contributed by atoms with van der Waals surface area (Å²) in [6, 6.07) is 0. The van der Waals surface area contributed by atoms with Crippen LogP contribution < -0.4 is 0 Å². The molecule has 0 saturated heterocycles. The molecule has 0 aliphatic heterocycles. The minimum absolute atomic E-state index is 0.343. The highest BCUT2D eigenvalue weighted by Crippen LogP contribution is 2.38. The van der Waals surface area contributed by atoms with Crippen molar-refractivity contribution in [3.8, 4) is 0 Å². The van der Waals surface area contributed by atoms with Crippen LogP contribution in [-0.4, -0.2) is 23.2 Å². The van der Waals surface area contributed by atoms with E-state index in [0.717, 1.165) is 6.92 Å². The number of hydrogen-bond donors (Lipinski definition) is 1. The Bertz CT molecular complexity index is 253. The van der Waals surface area contributed by atoms with Gasteiger partial charge in [0.1, 0.15) is 0 Å². The molecule has 1 N–H and O–H groups in total. The van der Waals surface area contributed by atoms with E-state index in [4.69, 9.17) is 5.11 Å². The predicted octanol–water partition coefficient (Wildman–Crippen LogP) is 2.61. The van der Waals surface area contributed by atoms with Crippen molar-refractivity contribution in [2.24, 2.45) is 0 Å². The van der Waals surface area contributed by atoms with Crippen LogP contribution >= 0.6 is 0 Å². The normalized spacial score (nSPS) is 14.3. The number of carboxylic acids is 1. The fourth-order valence-electron chi connectivity index (χ4n) is 0.484. The summed E-state index contributed by atoms with van der Waals surface area (Å²) in [4.78, 5) is 10.1. The molecular weight excluding hydrogens is 211 g/mol. The maximum Gasteiger partial charge on any atom is 0.453 e. The van der Waals surface area contributed by atoms with E-state index >= 15 is 0 Å². The Morgan fingerprint density at radius 3 is 2.00 bits per heavy atom. The van der Waals surface area contributed by atoms with Gasteiger partial charge < -0.3 is 5.11 Å². The summed E-state index contributed by atoms with van der Waals surface area (Å²) in [6.07, 6.45) is -6.97. The van der Waals surface area contributed by atoms with Gasteiger partial charge in [-0.25, -0.2) is 4.79 Å². The lowest BCUT2D eigenvalue weighted by molar-refractivity contribution is -0.280. The van der Waals surface area contributed by atoms with Crippen molar-refractivity contribution >= 4 is 5.97 Å². The Labute approximate surface area is 76.0 Å². The first-order valence-electron chi connectivity index (χ1n) is 3.42. The van der Waals surface area contributed by atoms with E-state index < -0.39 is 30.1 Å². The van der Waals surface area contributed by atoms with Gasteiger partial charge >= 0.3 is 18.1 Å². The molecule has 0 aromatic rings. The molecule has 2 nitrogen and oxygen atoms in total. The molecule has 0 fully saturated rings. The van der Waals surface area contributed by atoms with Gasteiger partial charge in [0.25, 0.3) is 0 Å². The Kier molecular flexibility index (Phi) is 3.61. The standard InChI is InChI=1S/C7H7F5O2/c1-4(5(13)14)2-3-6(8,9)7(10,11)12/h2H,3H2,1H3,(H,13,14)/b4-2+. The van der Waals surface area contributed by atoms with E-state index in [1.807, 2.05) is 0 Å². The van der Waals surface area contributed by atoms with Crippen LogP contribution in [0.5, 0.6) is 0 Å². The first-order chi connectivity index (χ1) is 6.08. The van der Waals surface area contributed by atoms with E-state index in [0.29, 0.717) is 6.08 Å². The highest BCUT2D eigenvalue weighted by molar-refractivity contribution is 5.85. The zero-order valence-corrected chi connectivity index (χ0v) is 7.03. The minimum Gasteiger partial charge on any atom is -0.478 e. The summed E-state index contributed by atoms with van der Waals surface area (Å²) in [5, 5.41) is 8.19. The summed E-state index contributed by atoms with van der Waals surface area (Å²) >= 11 is 0. The van der Waals surface area contributed by atoms with E-state index in [1.165, 1.54) is 0 Å². The molecule has 0 aromatic heterocycles. The topological polar surface area (TPSA) is 37.3 Å². The summed E-state index contributed by atoms with van der Waals surface area (Å²) < 4.78 is 59.1. The van der Waals surface area contributed by atoms with Crippen molar-refractivity contribution in [1.82, 2.24) is 0 Å². The third-order valence-corrected chi connectivity index (χ3v) is 1.42. The maximum absolute atomic E-state index is 12.2. The maximum atomic E-state index is 12.2. The van der Waals surface area contributed by atoms with Crippen molar-refractivity contribution in [3.63, 3.8) is 0 Å². The number of carbonyl (C=O) groups is 1. The van der Waals surface area contributed by atoms with Crippen LogP contribution in [0.4, 0.5) is 22.0 Å². The Morgan fingerprint density at radius 1 is 1.29 bits per heavy atom. The van der Waals surface area contributed by atoms with Crippen LogP contribution in [0.3, 0.4) is 0 Å². The third kappa shape index (κ3) is 3.31. The number of halogens is 5. The molecule has 0 radical (unpaired) electrons. The minimum atomic E-state index is -5.65.